The molecule has 110 valence electrons. The minimum atomic E-state index is 0.410. The zero-order chi connectivity index (χ0) is 14.4. The number of nitrogens with one attached hydrogen (secondary N) is 1. The topological polar surface area (TPSA) is 50.5 Å². The summed E-state index contributed by atoms with van der Waals surface area (Å²) in [6.45, 7) is 5.77. The molecule has 0 spiro atoms. The van der Waals surface area contributed by atoms with Gasteiger partial charge in [0.25, 0.3) is 0 Å². The van der Waals surface area contributed by atoms with Crippen molar-refractivity contribution in [2.45, 2.75) is 6.42 Å². The number of thiocarbonyl (C=S) groups is 1. The van der Waals surface area contributed by atoms with E-state index in [4.69, 9.17) is 22.7 Å². The average Bonchev–Trinajstić information content (AvgIpc) is 2.44. The molecule has 0 radical (unpaired) electrons. The van der Waals surface area contributed by atoms with E-state index in [0.29, 0.717) is 4.99 Å². The van der Waals surface area contributed by atoms with Gasteiger partial charge in [-0.2, -0.15) is 0 Å². The number of nitrogens with zero attached hydrogens (tertiary/aromatic N) is 1. The average molecular weight is 358 g/mol. The molecule has 1 aliphatic rings. The minimum absolute atomic E-state index is 0.410. The molecule has 1 aliphatic heterocycles. The van der Waals surface area contributed by atoms with Gasteiger partial charge in [0, 0.05) is 35.4 Å². The van der Waals surface area contributed by atoms with E-state index in [2.05, 4.69) is 26.1 Å². The van der Waals surface area contributed by atoms with Crippen LogP contribution in [0.15, 0.2) is 22.7 Å². The van der Waals surface area contributed by atoms with Crippen molar-refractivity contribution in [1.82, 2.24) is 4.90 Å². The van der Waals surface area contributed by atoms with Crippen LogP contribution in [0.1, 0.15) is 12.0 Å². The van der Waals surface area contributed by atoms with Crippen LogP contribution in [0, 0.1) is 0 Å². The van der Waals surface area contributed by atoms with Gasteiger partial charge in [-0.1, -0.05) is 18.3 Å². The Balaban J connectivity index is 1.82. The Labute approximate surface area is 133 Å². The van der Waals surface area contributed by atoms with Crippen LogP contribution in [-0.4, -0.2) is 49.3 Å². The van der Waals surface area contributed by atoms with Crippen LogP contribution in [0.4, 0.5) is 5.69 Å². The molecule has 2 rings (SSSR count). The largest absolute Gasteiger partial charge is 0.389 e. The Morgan fingerprint density at radius 1 is 1.40 bits per heavy atom. The second kappa shape index (κ2) is 7.93. The van der Waals surface area contributed by atoms with Gasteiger partial charge in [0.2, 0.25) is 0 Å². The van der Waals surface area contributed by atoms with E-state index in [1.165, 1.54) is 0 Å². The summed E-state index contributed by atoms with van der Waals surface area (Å²) in [5.41, 5.74) is 7.65. The number of halogens is 1. The van der Waals surface area contributed by atoms with Crippen molar-refractivity contribution in [2.24, 2.45) is 5.73 Å². The minimum Gasteiger partial charge on any atom is -0.389 e. The second-order valence-corrected chi connectivity index (χ2v) is 6.06. The monoisotopic (exact) mass is 357 g/mol. The molecular formula is C14H20BrN3OS. The quantitative estimate of drug-likeness (QED) is 0.603. The molecule has 0 amide bonds. The molecule has 0 unspecified atom stereocenters. The van der Waals surface area contributed by atoms with Crippen molar-refractivity contribution in [2.75, 3.05) is 44.7 Å². The normalized spacial score (nSPS) is 16.1. The van der Waals surface area contributed by atoms with Crippen molar-refractivity contribution in [1.29, 1.82) is 0 Å². The van der Waals surface area contributed by atoms with Gasteiger partial charge in [-0.3, -0.25) is 4.90 Å². The molecule has 1 fully saturated rings. The Bertz CT molecular complexity index is 464. The number of morpholine rings is 1. The van der Waals surface area contributed by atoms with Crippen LogP contribution in [-0.2, 0) is 4.74 Å². The number of nitrogens with two attached hydrogens (primary N) is 1. The maximum atomic E-state index is 5.78. The van der Waals surface area contributed by atoms with Crippen molar-refractivity contribution < 1.29 is 4.74 Å². The Morgan fingerprint density at radius 2 is 2.15 bits per heavy atom. The molecular weight excluding hydrogens is 338 g/mol. The lowest BCUT2D eigenvalue weighted by atomic mass is 10.1. The Morgan fingerprint density at radius 3 is 2.85 bits per heavy atom. The molecule has 1 heterocycles. The molecule has 4 nitrogen and oxygen atoms in total. The molecule has 0 aliphatic carbocycles. The highest BCUT2D eigenvalue weighted by molar-refractivity contribution is 9.10. The van der Waals surface area contributed by atoms with Gasteiger partial charge in [-0.15, -0.1) is 0 Å². The summed E-state index contributed by atoms with van der Waals surface area (Å²) in [7, 11) is 0. The SMILES string of the molecule is NC(=S)c1c(Br)cccc1NCCCN1CCOCC1. The number of ether oxygens (including phenoxy) is 1. The lowest BCUT2D eigenvalue weighted by Crippen LogP contribution is -2.37. The van der Waals surface area contributed by atoms with Crippen LogP contribution in [0.2, 0.25) is 0 Å². The van der Waals surface area contributed by atoms with Gasteiger partial charge in [-0.25, -0.2) is 0 Å². The standard InChI is InChI=1S/C14H20BrN3OS/c15-11-3-1-4-12(13(11)14(16)20)17-5-2-6-18-7-9-19-10-8-18/h1,3-4,17H,2,5-10H2,(H2,16,20). The summed E-state index contributed by atoms with van der Waals surface area (Å²) in [4.78, 5) is 2.84. The first kappa shape index (κ1) is 15.7. The highest BCUT2D eigenvalue weighted by Crippen LogP contribution is 2.24. The van der Waals surface area contributed by atoms with Crippen molar-refractivity contribution in [3.8, 4) is 0 Å². The van der Waals surface area contributed by atoms with Gasteiger partial charge < -0.3 is 15.8 Å². The first-order valence-corrected chi connectivity index (χ1v) is 8.01. The van der Waals surface area contributed by atoms with E-state index in [0.717, 1.165) is 61.5 Å². The maximum absolute atomic E-state index is 5.78. The summed E-state index contributed by atoms with van der Waals surface area (Å²) in [6, 6.07) is 5.94. The molecule has 6 heteroatoms. The van der Waals surface area contributed by atoms with E-state index < -0.39 is 0 Å². The highest BCUT2D eigenvalue weighted by Gasteiger charge is 2.11. The van der Waals surface area contributed by atoms with E-state index >= 15 is 0 Å². The Hall–Kier alpha value is -0.690. The summed E-state index contributed by atoms with van der Waals surface area (Å²) in [5, 5.41) is 3.42. The highest BCUT2D eigenvalue weighted by atomic mass is 79.9. The molecule has 20 heavy (non-hydrogen) atoms. The van der Waals surface area contributed by atoms with Crippen molar-refractivity contribution in [3.05, 3.63) is 28.2 Å². The predicted octanol–water partition coefficient (Wildman–Crippen LogP) is 2.22. The number of rotatable bonds is 6. The second-order valence-electron chi connectivity index (χ2n) is 4.76. The van der Waals surface area contributed by atoms with Crippen LogP contribution in [0.5, 0.6) is 0 Å². The molecule has 0 bridgehead atoms. The van der Waals surface area contributed by atoms with Crippen LogP contribution >= 0.6 is 28.1 Å². The predicted molar refractivity (Wildman–Crippen MR) is 90.4 cm³/mol. The summed E-state index contributed by atoms with van der Waals surface area (Å²) in [6.07, 6.45) is 1.09. The van der Waals surface area contributed by atoms with Gasteiger partial charge in [0.05, 0.1) is 13.2 Å². The molecule has 0 atom stereocenters. The molecule has 0 aromatic heterocycles. The summed E-state index contributed by atoms with van der Waals surface area (Å²) in [5.74, 6) is 0. The van der Waals surface area contributed by atoms with Gasteiger partial charge in [0.15, 0.2) is 0 Å². The van der Waals surface area contributed by atoms with Crippen molar-refractivity contribution in [3.63, 3.8) is 0 Å². The lowest BCUT2D eigenvalue weighted by Gasteiger charge is -2.26. The fourth-order valence-electron chi connectivity index (χ4n) is 2.27. The van der Waals surface area contributed by atoms with Crippen LogP contribution in [0.3, 0.4) is 0 Å². The fraction of sp³-hybridized carbons (Fsp3) is 0.500. The number of benzene rings is 1. The molecule has 1 aromatic carbocycles. The van der Waals surface area contributed by atoms with Crippen LogP contribution < -0.4 is 11.1 Å². The van der Waals surface area contributed by atoms with Gasteiger partial charge in [-0.05, 0) is 41.0 Å². The number of hydrogen-bond donors (Lipinski definition) is 2. The molecule has 1 aromatic rings. The van der Waals surface area contributed by atoms with E-state index in [9.17, 15) is 0 Å². The van der Waals surface area contributed by atoms with Gasteiger partial charge in [0.1, 0.15) is 4.99 Å². The number of anilines is 1. The van der Waals surface area contributed by atoms with E-state index in [1.807, 2.05) is 18.2 Å². The molecule has 3 N–H and O–H groups in total. The van der Waals surface area contributed by atoms with Gasteiger partial charge >= 0.3 is 0 Å². The zero-order valence-electron chi connectivity index (χ0n) is 11.4. The summed E-state index contributed by atoms with van der Waals surface area (Å²) < 4.78 is 6.27. The van der Waals surface area contributed by atoms with Crippen molar-refractivity contribution >= 4 is 38.8 Å². The van der Waals surface area contributed by atoms with E-state index in [1.54, 1.807) is 0 Å². The first-order valence-electron chi connectivity index (χ1n) is 6.81. The maximum Gasteiger partial charge on any atom is 0.107 e. The zero-order valence-corrected chi connectivity index (χ0v) is 13.8. The van der Waals surface area contributed by atoms with E-state index in [-0.39, 0.29) is 0 Å². The molecule has 0 saturated carbocycles. The third kappa shape index (κ3) is 4.41. The first-order chi connectivity index (χ1) is 9.68. The fourth-order valence-corrected chi connectivity index (χ4v) is 3.20. The smallest absolute Gasteiger partial charge is 0.107 e. The molecule has 1 saturated heterocycles. The third-order valence-electron chi connectivity index (χ3n) is 3.33. The Kier molecular flexibility index (Phi) is 6.22. The summed E-state index contributed by atoms with van der Waals surface area (Å²) >= 11 is 8.59. The van der Waals surface area contributed by atoms with Crippen LogP contribution in [0.25, 0.3) is 0 Å². The lowest BCUT2D eigenvalue weighted by molar-refractivity contribution is 0.0378. The third-order valence-corrected chi connectivity index (χ3v) is 4.20. The number of hydrogen-bond acceptors (Lipinski definition) is 4.